The fourth-order valence-corrected chi connectivity index (χ4v) is 2.39. The van der Waals surface area contributed by atoms with Gasteiger partial charge in [-0.1, -0.05) is 42.5 Å². The summed E-state index contributed by atoms with van der Waals surface area (Å²) in [6.45, 7) is 0. The average molecular weight is 299 g/mol. The average Bonchev–Trinajstić information content (AvgIpc) is 3.14. The van der Waals surface area contributed by atoms with Gasteiger partial charge in [0.1, 0.15) is 0 Å². The highest BCUT2D eigenvalue weighted by Crippen LogP contribution is 2.26. The summed E-state index contributed by atoms with van der Waals surface area (Å²) in [5.74, 6) is 1.01. The molecule has 0 spiro atoms. The fourth-order valence-electron chi connectivity index (χ4n) is 2.39. The molecule has 0 saturated heterocycles. The SMILES string of the molecule is c1ccc(-c2ccc(-c3nnc(-c4ccncc4)o3)cc2)cc1. The van der Waals surface area contributed by atoms with Gasteiger partial charge in [0.25, 0.3) is 0 Å². The van der Waals surface area contributed by atoms with Crippen LogP contribution in [-0.2, 0) is 0 Å². The zero-order valence-electron chi connectivity index (χ0n) is 12.3. The molecule has 0 atom stereocenters. The molecule has 2 aromatic heterocycles. The van der Waals surface area contributed by atoms with E-state index in [1.165, 1.54) is 5.56 Å². The van der Waals surface area contributed by atoms with Gasteiger partial charge < -0.3 is 4.42 Å². The molecule has 0 aliphatic heterocycles. The molecular weight excluding hydrogens is 286 g/mol. The lowest BCUT2D eigenvalue weighted by molar-refractivity contribution is 0.584. The second kappa shape index (κ2) is 5.85. The van der Waals surface area contributed by atoms with Crippen LogP contribution in [0.5, 0.6) is 0 Å². The first-order valence-corrected chi connectivity index (χ1v) is 7.30. The molecule has 0 unspecified atom stereocenters. The highest BCUT2D eigenvalue weighted by atomic mass is 16.4. The van der Waals surface area contributed by atoms with Crippen molar-refractivity contribution < 1.29 is 4.42 Å². The number of hydrogen-bond donors (Lipinski definition) is 0. The Hall–Kier alpha value is -3.27. The maximum Gasteiger partial charge on any atom is 0.248 e. The molecular formula is C19H13N3O. The number of hydrogen-bond acceptors (Lipinski definition) is 4. The lowest BCUT2D eigenvalue weighted by Gasteiger charge is -2.01. The molecule has 0 bridgehead atoms. The van der Waals surface area contributed by atoms with Gasteiger partial charge in [-0.3, -0.25) is 4.98 Å². The van der Waals surface area contributed by atoms with Gasteiger partial charge in [0.2, 0.25) is 11.8 Å². The summed E-state index contributed by atoms with van der Waals surface area (Å²) < 4.78 is 5.75. The Morgan fingerprint density at radius 3 is 1.70 bits per heavy atom. The van der Waals surface area contributed by atoms with Crippen LogP contribution in [0.25, 0.3) is 34.0 Å². The van der Waals surface area contributed by atoms with Crippen molar-refractivity contribution >= 4 is 0 Å². The van der Waals surface area contributed by atoms with Crippen LogP contribution in [0.3, 0.4) is 0 Å². The molecule has 4 heteroatoms. The second-order valence-corrected chi connectivity index (χ2v) is 5.09. The monoisotopic (exact) mass is 299 g/mol. The van der Waals surface area contributed by atoms with Crippen LogP contribution < -0.4 is 0 Å². The summed E-state index contributed by atoms with van der Waals surface area (Å²) in [6, 6.07) is 22.0. The number of nitrogens with zero attached hydrogens (tertiary/aromatic N) is 3. The number of benzene rings is 2. The third-order valence-electron chi connectivity index (χ3n) is 3.59. The van der Waals surface area contributed by atoms with Gasteiger partial charge in [0, 0.05) is 23.5 Å². The summed E-state index contributed by atoms with van der Waals surface area (Å²) in [5.41, 5.74) is 4.10. The van der Waals surface area contributed by atoms with Gasteiger partial charge in [0.15, 0.2) is 0 Å². The maximum atomic E-state index is 5.75. The number of aromatic nitrogens is 3. The van der Waals surface area contributed by atoms with Crippen LogP contribution in [0.2, 0.25) is 0 Å². The molecule has 0 radical (unpaired) electrons. The lowest BCUT2D eigenvalue weighted by atomic mass is 10.0. The predicted octanol–water partition coefficient (Wildman–Crippen LogP) is 4.47. The third-order valence-corrected chi connectivity index (χ3v) is 3.59. The summed E-state index contributed by atoms with van der Waals surface area (Å²) in [4.78, 5) is 3.98. The molecule has 0 aliphatic carbocycles. The predicted molar refractivity (Wildman–Crippen MR) is 88.4 cm³/mol. The summed E-state index contributed by atoms with van der Waals surface area (Å²) >= 11 is 0. The van der Waals surface area contributed by atoms with E-state index in [-0.39, 0.29) is 0 Å². The highest BCUT2D eigenvalue weighted by molar-refractivity contribution is 5.67. The molecule has 2 aromatic carbocycles. The van der Waals surface area contributed by atoms with Gasteiger partial charge >= 0.3 is 0 Å². The molecule has 0 fully saturated rings. The zero-order valence-corrected chi connectivity index (χ0v) is 12.3. The first kappa shape index (κ1) is 13.4. The first-order valence-electron chi connectivity index (χ1n) is 7.30. The van der Waals surface area contributed by atoms with E-state index >= 15 is 0 Å². The van der Waals surface area contributed by atoms with E-state index in [4.69, 9.17) is 4.42 Å². The van der Waals surface area contributed by atoms with Crippen LogP contribution in [-0.4, -0.2) is 15.2 Å². The lowest BCUT2D eigenvalue weighted by Crippen LogP contribution is -1.80. The van der Waals surface area contributed by atoms with Crippen molar-refractivity contribution in [3.8, 4) is 34.0 Å². The Labute approximate surface area is 133 Å². The van der Waals surface area contributed by atoms with E-state index in [1.807, 2.05) is 42.5 Å². The molecule has 0 saturated carbocycles. The van der Waals surface area contributed by atoms with E-state index in [0.29, 0.717) is 11.8 Å². The quantitative estimate of drug-likeness (QED) is 0.560. The third kappa shape index (κ3) is 2.74. The zero-order chi connectivity index (χ0) is 15.5. The van der Waals surface area contributed by atoms with Crippen molar-refractivity contribution in [2.75, 3.05) is 0 Å². The normalized spacial score (nSPS) is 10.6. The number of rotatable bonds is 3. The van der Waals surface area contributed by atoms with E-state index in [1.54, 1.807) is 12.4 Å². The Bertz CT molecular complexity index is 900. The Kier molecular flexibility index (Phi) is 3.41. The van der Waals surface area contributed by atoms with E-state index in [2.05, 4.69) is 39.4 Å². The summed E-state index contributed by atoms with van der Waals surface area (Å²) in [6.07, 6.45) is 3.40. The number of pyridine rings is 1. The van der Waals surface area contributed by atoms with Crippen LogP contribution in [0.1, 0.15) is 0 Å². The molecule has 0 aliphatic rings. The van der Waals surface area contributed by atoms with Gasteiger partial charge in [-0.15, -0.1) is 10.2 Å². The van der Waals surface area contributed by atoms with Crippen molar-refractivity contribution in [2.45, 2.75) is 0 Å². The molecule has 4 rings (SSSR count). The smallest absolute Gasteiger partial charge is 0.248 e. The molecule has 23 heavy (non-hydrogen) atoms. The minimum Gasteiger partial charge on any atom is -0.416 e. The highest BCUT2D eigenvalue weighted by Gasteiger charge is 2.10. The van der Waals surface area contributed by atoms with Gasteiger partial charge in [-0.25, -0.2) is 0 Å². The molecule has 2 heterocycles. The standard InChI is InChI=1S/C19H13N3O/c1-2-4-14(5-3-1)15-6-8-16(9-7-15)18-21-22-19(23-18)17-10-12-20-13-11-17/h1-13H. The van der Waals surface area contributed by atoms with Crippen LogP contribution in [0.4, 0.5) is 0 Å². The van der Waals surface area contributed by atoms with E-state index in [0.717, 1.165) is 16.7 Å². The van der Waals surface area contributed by atoms with Crippen LogP contribution in [0, 0.1) is 0 Å². The molecule has 0 N–H and O–H groups in total. The van der Waals surface area contributed by atoms with Crippen molar-refractivity contribution in [3.63, 3.8) is 0 Å². The fraction of sp³-hybridized carbons (Fsp3) is 0. The molecule has 4 nitrogen and oxygen atoms in total. The summed E-state index contributed by atoms with van der Waals surface area (Å²) in [5, 5.41) is 8.23. The van der Waals surface area contributed by atoms with Crippen LogP contribution >= 0.6 is 0 Å². The van der Waals surface area contributed by atoms with Crippen molar-refractivity contribution in [1.29, 1.82) is 0 Å². The molecule has 110 valence electrons. The minimum atomic E-state index is 0.495. The van der Waals surface area contributed by atoms with Gasteiger partial charge in [-0.05, 0) is 35.4 Å². The topological polar surface area (TPSA) is 51.8 Å². The van der Waals surface area contributed by atoms with Crippen molar-refractivity contribution in [2.24, 2.45) is 0 Å². The molecule has 4 aromatic rings. The molecule has 0 amide bonds. The Balaban J connectivity index is 1.63. The summed E-state index contributed by atoms with van der Waals surface area (Å²) in [7, 11) is 0. The van der Waals surface area contributed by atoms with Gasteiger partial charge in [-0.2, -0.15) is 0 Å². The second-order valence-electron chi connectivity index (χ2n) is 5.09. The maximum absolute atomic E-state index is 5.75. The Morgan fingerprint density at radius 2 is 1.04 bits per heavy atom. The first-order chi connectivity index (χ1) is 11.4. The van der Waals surface area contributed by atoms with Crippen molar-refractivity contribution in [1.82, 2.24) is 15.2 Å². The van der Waals surface area contributed by atoms with E-state index < -0.39 is 0 Å². The van der Waals surface area contributed by atoms with Gasteiger partial charge in [0.05, 0.1) is 0 Å². The Morgan fingerprint density at radius 1 is 0.522 bits per heavy atom. The van der Waals surface area contributed by atoms with E-state index in [9.17, 15) is 0 Å². The van der Waals surface area contributed by atoms with Crippen molar-refractivity contribution in [3.05, 3.63) is 79.1 Å². The largest absolute Gasteiger partial charge is 0.416 e. The van der Waals surface area contributed by atoms with Crippen LogP contribution in [0.15, 0.2) is 83.5 Å². The minimum absolute atomic E-state index is 0.495.